The zero-order valence-electron chi connectivity index (χ0n) is 17.4. The van der Waals surface area contributed by atoms with Crippen LogP contribution in [0.25, 0.3) is 11.4 Å². The summed E-state index contributed by atoms with van der Waals surface area (Å²) < 4.78 is 1.91. The lowest BCUT2D eigenvalue weighted by Gasteiger charge is -2.36. The third-order valence-corrected chi connectivity index (χ3v) is 6.35. The normalized spacial score (nSPS) is 22.8. The Kier molecular flexibility index (Phi) is 6.66. The summed E-state index contributed by atoms with van der Waals surface area (Å²) in [7, 11) is 4.12. The number of hydrogen-bond donors (Lipinski definition) is 3. The minimum atomic E-state index is -0.250. The van der Waals surface area contributed by atoms with E-state index in [0.717, 1.165) is 24.2 Å². The molecule has 0 amide bonds. The number of nitrogens with one attached hydrogen (secondary N) is 1. The Hall–Kier alpha value is -3.00. The van der Waals surface area contributed by atoms with Crippen LogP contribution in [-0.2, 0) is 16.6 Å². The van der Waals surface area contributed by atoms with Crippen molar-refractivity contribution in [2.45, 2.75) is 44.2 Å². The van der Waals surface area contributed by atoms with Gasteiger partial charge in [-0.15, -0.1) is 0 Å². The molecule has 4 N–H and O–H groups in total. The van der Waals surface area contributed by atoms with Crippen LogP contribution in [0.3, 0.4) is 0 Å². The highest BCUT2D eigenvalue weighted by Crippen LogP contribution is 2.39. The molecular weight excluding hydrogens is 382 g/mol. The maximum Gasteiger partial charge on any atom is 0.290 e. The van der Waals surface area contributed by atoms with Crippen molar-refractivity contribution in [2.75, 3.05) is 12.8 Å². The van der Waals surface area contributed by atoms with E-state index < -0.39 is 0 Å². The molecule has 0 radical (unpaired) electrons. The first-order valence-electron chi connectivity index (χ1n) is 10.1. The van der Waals surface area contributed by atoms with Gasteiger partial charge in [0.25, 0.3) is 6.47 Å². The number of hydrogen-bond acceptors (Lipinski definition) is 6. The maximum absolute atomic E-state index is 12.8. The molecular formula is C22H29N5O3. The number of ketones is 1. The number of rotatable bonds is 5. The molecule has 0 aliphatic carbocycles. The Morgan fingerprint density at radius 3 is 2.50 bits per heavy atom. The third kappa shape index (κ3) is 4.43. The van der Waals surface area contributed by atoms with Gasteiger partial charge in [-0.05, 0) is 56.8 Å². The van der Waals surface area contributed by atoms with Crippen LogP contribution in [0.1, 0.15) is 37.7 Å². The first kappa shape index (κ1) is 21.7. The van der Waals surface area contributed by atoms with Crippen LogP contribution in [0.15, 0.2) is 30.6 Å². The van der Waals surface area contributed by atoms with Gasteiger partial charge in [-0.3, -0.25) is 15.0 Å². The second kappa shape index (κ2) is 9.21. The van der Waals surface area contributed by atoms with Crippen LogP contribution in [0.5, 0.6) is 0 Å². The molecule has 2 saturated heterocycles. The molecule has 2 unspecified atom stereocenters. The molecule has 3 heterocycles. The molecule has 8 heteroatoms. The number of nitrogens with two attached hydrogens (primary N) is 1. The molecule has 2 aliphatic rings. The average molecular weight is 412 g/mol. The molecule has 1 aromatic carbocycles. The number of carboxylic acid groups (broad SMARTS) is 1. The number of nitrogen functional groups attached to an aromatic ring is 1. The van der Waals surface area contributed by atoms with E-state index in [2.05, 4.69) is 16.9 Å². The Morgan fingerprint density at radius 2 is 1.93 bits per heavy atom. The first-order valence-corrected chi connectivity index (χ1v) is 10.1. The van der Waals surface area contributed by atoms with E-state index in [0.29, 0.717) is 35.7 Å². The van der Waals surface area contributed by atoms with Crippen LogP contribution in [0, 0.1) is 11.3 Å². The maximum atomic E-state index is 12.8. The molecule has 4 rings (SSSR count). The standard InChI is InChI=1S/C21H27N5O.CH2O2/c1-25-8-7-24-21(25)14-3-6-18(22)17(12-14)20(23)19(27)11-13-9-15-4-5-16(10-13)26(15)2;2-1-3/h3,6-8,12-13,15-16,23H,4-5,9-11,22H2,1-2H3;1H,(H,2,3). The number of benzene rings is 1. The van der Waals surface area contributed by atoms with Gasteiger partial charge in [0.05, 0.1) is 0 Å². The zero-order chi connectivity index (χ0) is 21.8. The molecule has 30 heavy (non-hydrogen) atoms. The van der Waals surface area contributed by atoms with Crippen molar-refractivity contribution in [3.63, 3.8) is 0 Å². The van der Waals surface area contributed by atoms with Crippen LogP contribution < -0.4 is 5.73 Å². The monoisotopic (exact) mass is 411 g/mol. The van der Waals surface area contributed by atoms with Crippen molar-refractivity contribution in [3.05, 3.63) is 36.2 Å². The van der Waals surface area contributed by atoms with Crippen LogP contribution in [-0.4, -0.2) is 56.7 Å². The highest BCUT2D eigenvalue weighted by Gasteiger charge is 2.39. The Balaban J connectivity index is 0.000000806. The van der Waals surface area contributed by atoms with Gasteiger partial charge in [0.2, 0.25) is 0 Å². The summed E-state index contributed by atoms with van der Waals surface area (Å²) in [6.45, 7) is -0.250. The number of aromatic nitrogens is 2. The van der Waals surface area contributed by atoms with Gasteiger partial charge in [-0.2, -0.15) is 0 Å². The summed E-state index contributed by atoms with van der Waals surface area (Å²) in [5, 5.41) is 15.3. The van der Waals surface area contributed by atoms with Crippen LogP contribution in [0.2, 0.25) is 0 Å². The SMILES string of the molecule is CN1C2CCC1CC(CC(=O)C(=N)c1cc(-c3nccn3C)ccc1N)C2.O=CO. The Labute approximate surface area is 176 Å². The molecule has 0 saturated carbocycles. The number of nitrogens with zero attached hydrogens (tertiary/aromatic N) is 3. The number of fused-ring (bicyclic) bond motifs is 2. The number of anilines is 1. The largest absolute Gasteiger partial charge is 0.483 e. The molecule has 2 aromatic rings. The number of carbonyl (C=O) groups is 2. The van der Waals surface area contributed by atoms with Crippen molar-refractivity contribution < 1.29 is 14.7 Å². The summed E-state index contributed by atoms with van der Waals surface area (Å²) in [6.07, 6.45) is 8.66. The van der Waals surface area contributed by atoms with Crippen molar-refractivity contribution in [2.24, 2.45) is 13.0 Å². The number of carbonyl (C=O) groups excluding carboxylic acids is 1. The summed E-state index contributed by atoms with van der Waals surface area (Å²) in [6, 6.07) is 6.67. The van der Waals surface area contributed by atoms with Gasteiger partial charge in [-0.1, -0.05) is 0 Å². The minimum Gasteiger partial charge on any atom is -0.483 e. The Bertz CT molecular complexity index is 925. The van der Waals surface area contributed by atoms with E-state index in [1.807, 2.05) is 29.9 Å². The molecule has 8 nitrogen and oxygen atoms in total. The number of imidazole rings is 1. The second-order valence-corrected chi connectivity index (χ2v) is 8.16. The van der Waals surface area contributed by atoms with Gasteiger partial charge >= 0.3 is 0 Å². The number of Topliss-reactive ketones (excluding diaryl/α,β-unsaturated/α-hetero) is 1. The van der Waals surface area contributed by atoms with Gasteiger partial charge in [0.1, 0.15) is 11.5 Å². The Morgan fingerprint density at radius 1 is 1.30 bits per heavy atom. The lowest BCUT2D eigenvalue weighted by molar-refractivity contribution is -0.123. The van der Waals surface area contributed by atoms with E-state index in [1.54, 1.807) is 12.3 Å². The molecule has 160 valence electrons. The van der Waals surface area contributed by atoms with E-state index in [9.17, 15) is 4.79 Å². The third-order valence-electron chi connectivity index (χ3n) is 6.35. The van der Waals surface area contributed by atoms with Crippen molar-refractivity contribution in [3.8, 4) is 11.4 Å². The van der Waals surface area contributed by atoms with Gasteiger partial charge in [0.15, 0.2) is 5.78 Å². The molecule has 2 bridgehead atoms. The van der Waals surface area contributed by atoms with Crippen molar-refractivity contribution in [1.82, 2.24) is 14.5 Å². The number of piperidine rings is 1. The predicted molar refractivity (Wildman–Crippen MR) is 115 cm³/mol. The fourth-order valence-electron chi connectivity index (χ4n) is 4.76. The van der Waals surface area contributed by atoms with Crippen LogP contribution in [0.4, 0.5) is 5.69 Å². The van der Waals surface area contributed by atoms with Gasteiger partial charge in [-0.25, -0.2) is 4.98 Å². The predicted octanol–water partition coefficient (Wildman–Crippen LogP) is 2.57. The average Bonchev–Trinajstić information content (AvgIpc) is 3.21. The number of aryl methyl sites for hydroxylation is 1. The fourth-order valence-corrected chi connectivity index (χ4v) is 4.76. The van der Waals surface area contributed by atoms with Gasteiger partial charge < -0.3 is 20.3 Å². The van der Waals surface area contributed by atoms with Crippen LogP contribution >= 0.6 is 0 Å². The van der Waals surface area contributed by atoms with E-state index in [4.69, 9.17) is 21.0 Å². The summed E-state index contributed by atoms with van der Waals surface area (Å²) in [5.74, 6) is 1.07. The quantitative estimate of drug-likeness (QED) is 0.394. The second-order valence-electron chi connectivity index (χ2n) is 8.16. The zero-order valence-corrected chi connectivity index (χ0v) is 17.4. The summed E-state index contributed by atoms with van der Waals surface area (Å²) in [5.41, 5.74) is 7.96. The lowest BCUT2D eigenvalue weighted by Crippen LogP contribution is -2.40. The molecule has 0 spiro atoms. The summed E-state index contributed by atoms with van der Waals surface area (Å²) in [4.78, 5) is 28.0. The van der Waals surface area contributed by atoms with Crippen molar-refractivity contribution in [1.29, 1.82) is 5.41 Å². The van der Waals surface area contributed by atoms with Crippen molar-refractivity contribution >= 4 is 23.7 Å². The topological polar surface area (TPSA) is 125 Å². The van der Waals surface area contributed by atoms with E-state index >= 15 is 0 Å². The lowest BCUT2D eigenvalue weighted by atomic mass is 9.85. The van der Waals surface area contributed by atoms with E-state index in [-0.39, 0.29) is 18.0 Å². The fraction of sp³-hybridized carbons (Fsp3) is 0.455. The summed E-state index contributed by atoms with van der Waals surface area (Å²) >= 11 is 0. The minimum absolute atomic E-state index is 0.0230. The smallest absolute Gasteiger partial charge is 0.290 e. The molecule has 2 atom stereocenters. The molecule has 2 aliphatic heterocycles. The highest BCUT2D eigenvalue weighted by molar-refractivity contribution is 6.46. The van der Waals surface area contributed by atoms with E-state index in [1.165, 1.54) is 12.8 Å². The van der Waals surface area contributed by atoms with Gasteiger partial charge in [0, 0.05) is 54.8 Å². The molecule has 1 aromatic heterocycles. The first-order chi connectivity index (χ1) is 14.3. The molecule has 2 fully saturated rings. The highest BCUT2D eigenvalue weighted by atomic mass is 16.3.